The van der Waals surface area contributed by atoms with Gasteiger partial charge in [0, 0.05) is 17.8 Å². The van der Waals surface area contributed by atoms with E-state index >= 15 is 0 Å². The van der Waals surface area contributed by atoms with Crippen molar-refractivity contribution in [3.8, 4) is 0 Å². The van der Waals surface area contributed by atoms with Crippen LogP contribution in [0.25, 0.3) is 0 Å². The summed E-state index contributed by atoms with van der Waals surface area (Å²) in [6.45, 7) is 13.6. The van der Waals surface area contributed by atoms with E-state index in [-0.39, 0.29) is 6.61 Å². The maximum atomic E-state index is 8.99. The van der Waals surface area contributed by atoms with Crippen LogP contribution in [0.5, 0.6) is 0 Å². The Morgan fingerprint density at radius 3 is 2.53 bits per heavy atom. The maximum absolute atomic E-state index is 8.99. The van der Waals surface area contributed by atoms with Gasteiger partial charge in [-0.2, -0.15) is 5.10 Å². The second-order valence-electron chi connectivity index (χ2n) is 6.44. The molecule has 0 aliphatic carbocycles. The molecule has 0 aliphatic rings. The number of aromatic nitrogens is 2. The fourth-order valence-corrected chi connectivity index (χ4v) is 2.26. The van der Waals surface area contributed by atoms with Gasteiger partial charge in [-0.3, -0.25) is 4.68 Å². The van der Waals surface area contributed by atoms with Crippen LogP contribution in [0, 0.1) is 19.3 Å². The van der Waals surface area contributed by atoms with Crippen molar-refractivity contribution < 1.29 is 5.11 Å². The van der Waals surface area contributed by atoms with Crippen molar-refractivity contribution in [3.63, 3.8) is 0 Å². The molecule has 0 aliphatic heterocycles. The highest BCUT2D eigenvalue weighted by molar-refractivity contribution is 5.24. The fourth-order valence-electron chi connectivity index (χ4n) is 2.26. The Morgan fingerprint density at radius 1 is 1.26 bits per heavy atom. The number of nitrogens with one attached hydrogen (secondary N) is 1. The van der Waals surface area contributed by atoms with E-state index in [1.54, 1.807) is 0 Å². The predicted molar refractivity (Wildman–Crippen MR) is 79.2 cm³/mol. The third-order valence-electron chi connectivity index (χ3n) is 3.43. The Kier molecular flexibility index (Phi) is 6.01. The fraction of sp³-hybridized carbons (Fsp3) is 0.800. The van der Waals surface area contributed by atoms with Crippen LogP contribution in [-0.4, -0.2) is 28.0 Å². The van der Waals surface area contributed by atoms with E-state index in [1.807, 2.05) is 11.6 Å². The summed E-state index contributed by atoms with van der Waals surface area (Å²) in [7, 11) is 0. The molecular weight excluding hydrogens is 238 g/mol. The first kappa shape index (κ1) is 16.2. The van der Waals surface area contributed by atoms with Gasteiger partial charge in [0.25, 0.3) is 0 Å². The zero-order valence-electron chi connectivity index (χ0n) is 13.1. The first-order chi connectivity index (χ1) is 8.85. The molecule has 0 saturated heterocycles. The first-order valence-electron chi connectivity index (χ1n) is 7.19. The van der Waals surface area contributed by atoms with Crippen LogP contribution in [0.2, 0.25) is 0 Å². The summed E-state index contributed by atoms with van der Waals surface area (Å²) in [4.78, 5) is 0. The Balaban J connectivity index is 2.41. The molecule has 1 aromatic heterocycles. The van der Waals surface area contributed by atoms with Gasteiger partial charge in [0.1, 0.15) is 0 Å². The summed E-state index contributed by atoms with van der Waals surface area (Å²) in [6.07, 6.45) is 2.44. The molecule has 2 N–H and O–H groups in total. The molecule has 0 bridgehead atoms. The number of nitrogens with zero attached hydrogens (tertiary/aromatic N) is 2. The monoisotopic (exact) mass is 267 g/mol. The lowest BCUT2D eigenvalue weighted by molar-refractivity contribution is 0.267. The molecule has 0 atom stereocenters. The Hall–Kier alpha value is -0.870. The van der Waals surface area contributed by atoms with Gasteiger partial charge in [0.2, 0.25) is 0 Å². The topological polar surface area (TPSA) is 50.1 Å². The number of aryl methyl sites for hydroxylation is 1. The lowest BCUT2D eigenvalue weighted by atomic mass is 9.91. The summed E-state index contributed by atoms with van der Waals surface area (Å²) >= 11 is 0. The molecule has 1 heterocycles. The van der Waals surface area contributed by atoms with Crippen molar-refractivity contribution in [1.82, 2.24) is 15.1 Å². The molecule has 0 unspecified atom stereocenters. The van der Waals surface area contributed by atoms with Crippen LogP contribution in [0.15, 0.2) is 0 Å². The van der Waals surface area contributed by atoms with Crippen LogP contribution in [0.1, 0.15) is 50.6 Å². The van der Waals surface area contributed by atoms with Gasteiger partial charge in [-0.05, 0) is 38.6 Å². The third kappa shape index (κ3) is 5.33. The molecule has 0 amide bonds. The second-order valence-corrected chi connectivity index (χ2v) is 6.44. The number of rotatable bonds is 7. The molecule has 1 aromatic rings. The van der Waals surface area contributed by atoms with Gasteiger partial charge < -0.3 is 10.4 Å². The van der Waals surface area contributed by atoms with Crippen molar-refractivity contribution in [2.45, 2.75) is 60.5 Å². The van der Waals surface area contributed by atoms with Crippen LogP contribution < -0.4 is 5.32 Å². The predicted octanol–water partition coefficient (Wildman–Crippen LogP) is 2.41. The van der Waals surface area contributed by atoms with Gasteiger partial charge >= 0.3 is 0 Å². The molecule has 1 rings (SSSR count). The lowest BCUT2D eigenvalue weighted by Crippen LogP contribution is -2.18. The van der Waals surface area contributed by atoms with Crippen LogP contribution >= 0.6 is 0 Å². The molecule has 0 aromatic carbocycles. The van der Waals surface area contributed by atoms with E-state index in [0.29, 0.717) is 12.0 Å². The van der Waals surface area contributed by atoms with Gasteiger partial charge in [-0.25, -0.2) is 0 Å². The average Bonchev–Trinajstić information content (AvgIpc) is 2.55. The van der Waals surface area contributed by atoms with Gasteiger partial charge in [0.05, 0.1) is 18.8 Å². The molecule has 0 saturated carbocycles. The highest BCUT2D eigenvalue weighted by Gasteiger charge is 2.11. The normalized spacial score (nSPS) is 12.1. The average molecular weight is 267 g/mol. The highest BCUT2D eigenvalue weighted by Crippen LogP contribution is 2.20. The largest absolute Gasteiger partial charge is 0.394 e. The lowest BCUT2D eigenvalue weighted by Gasteiger charge is -2.17. The number of hydrogen-bond donors (Lipinski definition) is 2. The summed E-state index contributed by atoms with van der Waals surface area (Å²) in [6, 6.07) is 0. The molecular formula is C15H29N3O. The Bertz CT molecular complexity index is 391. The SMILES string of the molecule is Cc1nn(CCO)c(C)c1CNCCCC(C)(C)C. The van der Waals surface area contributed by atoms with E-state index in [0.717, 1.165) is 24.5 Å². The Morgan fingerprint density at radius 2 is 1.95 bits per heavy atom. The summed E-state index contributed by atoms with van der Waals surface area (Å²) < 4.78 is 1.89. The standard InChI is InChI=1S/C15H29N3O/c1-12-14(13(2)18(17-12)9-10-19)11-16-8-6-7-15(3,4)5/h16,19H,6-11H2,1-5H3. The maximum Gasteiger partial charge on any atom is 0.0644 e. The van der Waals surface area contributed by atoms with E-state index in [2.05, 4.69) is 38.1 Å². The second kappa shape index (κ2) is 7.06. The number of hydrogen-bond acceptors (Lipinski definition) is 3. The zero-order valence-corrected chi connectivity index (χ0v) is 13.1. The smallest absolute Gasteiger partial charge is 0.0644 e. The van der Waals surface area contributed by atoms with Crippen molar-refractivity contribution in [2.24, 2.45) is 5.41 Å². The molecule has 110 valence electrons. The van der Waals surface area contributed by atoms with E-state index < -0.39 is 0 Å². The van der Waals surface area contributed by atoms with Gasteiger partial charge in [0.15, 0.2) is 0 Å². The third-order valence-corrected chi connectivity index (χ3v) is 3.43. The van der Waals surface area contributed by atoms with Gasteiger partial charge in [-0.1, -0.05) is 20.8 Å². The van der Waals surface area contributed by atoms with Crippen LogP contribution in [-0.2, 0) is 13.1 Å². The molecule has 4 nitrogen and oxygen atoms in total. The Labute approximate surface area is 117 Å². The van der Waals surface area contributed by atoms with E-state index in [4.69, 9.17) is 5.11 Å². The highest BCUT2D eigenvalue weighted by atomic mass is 16.3. The van der Waals surface area contributed by atoms with Crippen molar-refractivity contribution >= 4 is 0 Å². The first-order valence-corrected chi connectivity index (χ1v) is 7.19. The van der Waals surface area contributed by atoms with E-state index in [9.17, 15) is 0 Å². The minimum absolute atomic E-state index is 0.139. The minimum Gasteiger partial charge on any atom is -0.394 e. The number of aliphatic hydroxyl groups excluding tert-OH is 1. The molecule has 19 heavy (non-hydrogen) atoms. The van der Waals surface area contributed by atoms with Gasteiger partial charge in [-0.15, -0.1) is 0 Å². The molecule has 4 heteroatoms. The van der Waals surface area contributed by atoms with E-state index in [1.165, 1.54) is 18.4 Å². The quantitative estimate of drug-likeness (QED) is 0.746. The van der Waals surface area contributed by atoms with Crippen molar-refractivity contribution in [2.75, 3.05) is 13.2 Å². The summed E-state index contributed by atoms with van der Waals surface area (Å²) in [5.41, 5.74) is 3.91. The molecule has 0 spiro atoms. The number of aliphatic hydroxyl groups is 1. The molecule has 0 fully saturated rings. The summed E-state index contributed by atoms with van der Waals surface area (Å²) in [5.74, 6) is 0. The van der Waals surface area contributed by atoms with Crippen molar-refractivity contribution in [3.05, 3.63) is 17.0 Å². The van der Waals surface area contributed by atoms with Crippen LogP contribution in [0.3, 0.4) is 0 Å². The van der Waals surface area contributed by atoms with Crippen LogP contribution in [0.4, 0.5) is 0 Å². The zero-order chi connectivity index (χ0) is 14.5. The molecule has 0 radical (unpaired) electrons. The summed E-state index contributed by atoms with van der Waals surface area (Å²) in [5, 5.41) is 16.9. The minimum atomic E-state index is 0.139. The van der Waals surface area contributed by atoms with Crippen molar-refractivity contribution in [1.29, 1.82) is 0 Å².